The van der Waals surface area contributed by atoms with Gasteiger partial charge < -0.3 is 15.3 Å². The zero-order valence-electron chi connectivity index (χ0n) is 10.7. The van der Waals surface area contributed by atoms with Gasteiger partial charge in [-0.15, -0.1) is 0 Å². The molecule has 0 spiro atoms. The van der Waals surface area contributed by atoms with Crippen molar-refractivity contribution in [2.75, 3.05) is 18.4 Å². The largest absolute Gasteiger partial charge is 0.389 e. The number of anilines is 2. The van der Waals surface area contributed by atoms with Crippen molar-refractivity contribution in [3.8, 4) is 0 Å². The van der Waals surface area contributed by atoms with Crippen molar-refractivity contribution in [1.82, 2.24) is 14.9 Å². The average molecular weight is 270 g/mol. The highest BCUT2D eigenvalue weighted by molar-refractivity contribution is 5.95. The van der Waals surface area contributed by atoms with Crippen molar-refractivity contribution in [3.63, 3.8) is 0 Å². The van der Waals surface area contributed by atoms with Gasteiger partial charge in [0.15, 0.2) is 0 Å². The van der Waals surface area contributed by atoms with E-state index >= 15 is 0 Å². The van der Waals surface area contributed by atoms with E-state index in [4.69, 9.17) is 0 Å². The standard InChI is InChI=1S/C14H14N4O2/c19-12-8-18(9-12)14(20)10-2-1-3-11(6-10)17-13-7-15-4-5-16-13/h1-7,12,19H,8-9H2,(H,16,17). The molecule has 1 aromatic heterocycles. The van der Waals surface area contributed by atoms with Gasteiger partial charge in [-0.25, -0.2) is 4.98 Å². The maximum absolute atomic E-state index is 12.1. The Balaban J connectivity index is 1.74. The van der Waals surface area contributed by atoms with Gasteiger partial charge in [-0.1, -0.05) is 6.07 Å². The molecule has 1 saturated heterocycles. The Morgan fingerprint density at radius 3 is 2.90 bits per heavy atom. The SMILES string of the molecule is O=C(c1cccc(Nc2cnccn2)c1)N1CC(O)C1. The lowest BCUT2D eigenvalue weighted by Crippen LogP contribution is -2.53. The van der Waals surface area contributed by atoms with Gasteiger partial charge in [0.2, 0.25) is 0 Å². The summed E-state index contributed by atoms with van der Waals surface area (Å²) < 4.78 is 0. The number of likely N-dealkylation sites (tertiary alicyclic amines) is 1. The van der Waals surface area contributed by atoms with E-state index in [2.05, 4.69) is 15.3 Å². The van der Waals surface area contributed by atoms with Crippen LogP contribution in [0.4, 0.5) is 11.5 Å². The minimum absolute atomic E-state index is 0.0712. The van der Waals surface area contributed by atoms with Gasteiger partial charge >= 0.3 is 0 Å². The first-order valence-electron chi connectivity index (χ1n) is 6.33. The van der Waals surface area contributed by atoms with Crippen molar-refractivity contribution in [2.45, 2.75) is 6.10 Å². The normalized spacial score (nSPS) is 14.8. The van der Waals surface area contributed by atoms with E-state index in [0.29, 0.717) is 24.5 Å². The number of carbonyl (C=O) groups excluding carboxylic acids is 1. The minimum Gasteiger partial charge on any atom is -0.389 e. The summed E-state index contributed by atoms with van der Waals surface area (Å²) in [5.74, 6) is 0.551. The molecule has 2 N–H and O–H groups in total. The van der Waals surface area contributed by atoms with Crippen molar-refractivity contribution in [3.05, 3.63) is 48.4 Å². The van der Waals surface area contributed by atoms with Gasteiger partial charge in [-0.3, -0.25) is 9.78 Å². The van der Waals surface area contributed by atoms with E-state index in [1.54, 1.807) is 35.6 Å². The molecule has 6 heteroatoms. The van der Waals surface area contributed by atoms with Crippen LogP contribution in [0.2, 0.25) is 0 Å². The second-order valence-corrected chi connectivity index (χ2v) is 4.66. The number of amides is 1. The first kappa shape index (κ1) is 12.6. The molecule has 0 saturated carbocycles. The quantitative estimate of drug-likeness (QED) is 0.871. The van der Waals surface area contributed by atoms with Crippen molar-refractivity contribution in [2.24, 2.45) is 0 Å². The average Bonchev–Trinajstić information content (AvgIpc) is 2.45. The number of nitrogens with zero attached hydrogens (tertiary/aromatic N) is 3. The third-order valence-corrected chi connectivity index (χ3v) is 3.09. The van der Waals surface area contributed by atoms with Gasteiger partial charge in [-0.05, 0) is 18.2 Å². The third kappa shape index (κ3) is 2.60. The molecule has 1 fully saturated rings. The van der Waals surface area contributed by atoms with Crippen LogP contribution < -0.4 is 5.32 Å². The molecule has 3 rings (SSSR count). The van der Waals surface area contributed by atoms with Crippen LogP contribution in [-0.4, -0.2) is 45.1 Å². The lowest BCUT2D eigenvalue weighted by atomic mass is 10.1. The summed E-state index contributed by atoms with van der Waals surface area (Å²) >= 11 is 0. The summed E-state index contributed by atoms with van der Waals surface area (Å²) in [6.07, 6.45) is 4.42. The summed E-state index contributed by atoms with van der Waals surface area (Å²) in [5.41, 5.74) is 1.36. The van der Waals surface area contributed by atoms with E-state index < -0.39 is 0 Å². The first-order valence-corrected chi connectivity index (χ1v) is 6.33. The number of rotatable bonds is 3. The van der Waals surface area contributed by atoms with Crippen LogP contribution in [0.25, 0.3) is 0 Å². The van der Waals surface area contributed by atoms with Crippen LogP contribution in [0.15, 0.2) is 42.9 Å². The Morgan fingerprint density at radius 2 is 2.20 bits per heavy atom. The molecule has 20 heavy (non-hydrogen) atoms. The van der Waals surface area contributed by atoms with E-state index in [1.165, 1.54) is 0 Å². The van der Waals surface area contributed by atoms with E-state index in [9.17, 15) is 9.90 Å². The second-order valence-electron chi connectivity index (χ2n) is 4.66. The Bertz CT molecular complexity index is 612. The third-order valence-electron chi connectivity index (χ3n) is 3.09. The Labute approximate surface area is 116 Å². The fraction of sp³-hybridized carbons (Fsp3) is 0.214. The molecule has 0 bridgehead atoms. The zero-order valence-corrected chi connectivity index (χ0v) is 10.7. The highest BCUT2D eigenvalue weighted by Gasteiger charge is 2.29. The first-order chi connectivity index (χ1) is 9.72. The summed E-state index contributed by atoms with van der Waals surface area (Å²) in [6, 6.07) is 7.19. The topological polar surface area (TPSA) is 78.4 Å². The van der Waals surface area contributed by atoms with Gasteiger partial charge in [-0.2, -0.15) is 0 Å². The number of carbonyl (C=O) groups is 1. The minimum atomic E-state index is -0.389. The van der Waals surface area contributed by atoms with E-state index in [0.717, 1.165) is 5.69 Å². The lowest BCUT2D eigenvalue weighted by molar-refractivity contribution is 0.00590. The molecule has 1 aromatic carbocycles. The predicted octanol–water partition coefficient (Wildman–Crippen LogP) is 1.04. The highest BCUT2D eigenvalue weighted by Crippen LogP contribution is 2.18. The number of benzene rings is 1. The Kier molecular flexibility index (Phi) is 3.30. The molecular formula is C14H14N4O2. The number of nitrogens with one attached hydrogen (secondary N) is 1. The van der Waals surface area contributed by atoms with Crippen LogP contribution in [0.1, 0.15) is 10.4 Å². The predicted molar refractivity (Wildman–Crippen MR) is 73.7 cm³/mol. The van der Waals surface area contributed by atoms with E-state index in [-0.39, 0.29) is 12.0 Å². The summed E-state index contributed by atoms with van der Waals surface area (Å²) in [6.45, 7) is 0.807. The highest BCUT2D eigenvalue weighted by atomic mass is 16.3. The van der Waals surface area contributed by atoms with Crippen molar-refractivity contribution in [1.29, 1.82) is 0 Å². The lowest BCUT2D eigenvalue weighted by Gasteiger charge is -2.35. The van der Waals surface area contributed by atoms with Crippen LogP contribution in [0.3, 0.4) is 0 Å². The van der Waals surface area contributed by atoms with Crippen LogP contribution in [0, 0.1) is 0 Å². The van der Waals surface area contributed by atoms with Crippen LogP contribution >= 0.6 is 0 Å². The number of hydrogen-bond acceptors (Lipinski definition) is 5. The van der Waals surface area contributed by atoms with Crippen LogP contribution in [-0.2, 0) is 0 Å². The maximum Gasteiger partial charge on any atom is 0.254 e. The number of aromatic nitrogens is 2. The molecule has 1 amide bonds. The zero-order chi connectivity index (χ0) is 13.9. The number of β-amino-alcohol motifs (C(OH)–C–C–N with tert-alkyl or cyclic N) is 1. The summed E-state index contributed by atoms with van der Waals surface area (Å²) in [5, 5.41) is 12.3. The molecule has 102 valence electrons. The smallest absolute Gasteiger partial charge is 0.254 e. The molecule has 1 aliphatic heterocycles. The molecule has 0 unspecified atom stereocenters. The Morgan fingerprint density at radius 1 is 1.35 bits per heavy atom. The second kappa shape index (κ2) is 5.26. The van der Waals surface area contributed by atoms with Gasteiger partial charge in [0.05, 0.1) is 12.3 Å². The van der Waals surface area contributed by atoms with Gasteiger partial charge in [0, 0.05) is 36.7 Å². The maximum atomic E-state index is 12.1. The summed E-state index contributed by atoms with van der Waals surface area (Å²) in [7, 11) is 0. The molecule has 6 nitrogen and oxygen atoms in total. The molecular weight excluding hydrogens is 256 g/mol. The fourth-order valence-corrected chi connectivity index (χ4v) is 2.05. The van der Waals surface area contributed by atoms with Crippen molar-refractivity contribution >= 4 is 17.4 Å². The number of aliphatic hydroxyl groups is 1. The summed E-state index contributed by atoms with van der Waals surface area (Å²) in [4.78, 5) is 21.8. The van der Waals surface area contributed by atoms with Gasteiger partial charge in [0.1, 0.15) is 5.82 Å². The Hall–Kier alpha value is -2.47. The fourth-order valence-electron chi connectivity index (χ4n) is 2.05. The van der Waals surface area contributed by atoms with E-state index in [1.807, 2.05) is 12.1 Å². The molecule has 0 atom stereocenters. The number of hydrogen-bond donors (Lipinski definition) is 2. The molecule has 1 aliphatic rings. The van der Waals surface area contributed by atoms with Gasteiger partial charge in [0.25, 0.3) is 5.91 Å². The molecule has 2 aromatic rings. The van der Waals surface area contributed by atoms with Crippen LogP contribution in [0.5, 0.6) is 0 Å². The molecule has 2 heterocycles. The number of aliphatic hydroxyl groups excluding tert-OH is 1. The van der Waals surface area contributed by atoms with Crippen molar-refractivity contribution < 1.29 is 9.90 Å². The monoisotopic (exact) mass is 270 g/mol. The molecule has 0 radical (unpaired) electrons. The molecule has 0 aliphatic carbocycles.